The summed E-state index contributed by atoms with van der Waals surface area (Å²) in [6.45, 7) is 12.9. The van der Waals surface area contributed by atoms with E-state index in [1.54, 1.807) is 0 Å². The van der Waals surface area contributed by atoms with Gasteiger partial charge in [-0.3, -0.25) is 0 Å². The molecule has 0 aromatic heterocycles. The Morgan fingerprint density at radius 2 is 1.80 bits per heavy atom. The van der Waals surface area contributed by atoms with Crippen LogP contribution in [0.5, 0.6) is 0 Å². The third-order valence-corrected chi connectivity index (χ3v) is 2.32. The number of ether oxygens (including phenoxy) is 1. The van der Waals surface area contributed by atoms with Crippen LogP contribution >= 0.6 is 0 Å². The summed E-state index contributed by atoms with van der Waals surface area (Å²) in [5, 5.41) is 3.51. The maximum Gasteiger partial charge on any atom is 0.0699 e. The predicted octanol–water partition coefficient (Wildman–Crippen LogP) is 3.36. The van der Waals surface area contributed by atoms with E-state index in [1.165, 1.54) is 19.3 Å². The second-order valence-corrected chi connectivity index (χ2v) is 5.27. The number of nitrogens with one attached hydrogen (secondary N) is 1. The topological polar surface area (TPSA) is 21.3 Å². The van der Waals surface area contributed by atoms with Gasteiger partial charge in [-0.15, -0.1) is 0 Å². The van der Waals surface area contributed by atoms with Crippen molar-refractivity contribution in [1.29, 1.82) is 0 Å². The average Bonchev–Trinajstić information content (AvgIpc) is 2.13. The van der Waals surface area contributed by atoms with Crippen molar-refractivity contribution in [2.45, 2.75) is 71.9 Å². The molecule has 0 bridgehead atoms. The molecule has 0 aliphatic heterocycles. The second kappa shape index (κ2) is 8.12. The molecule has 1 atom stereocenters. The van der Waals surface area contributed by atoms with Crippen LogP contribution < -0.4 is 5.32 Å². The Morgan fingerprint density at radius 1 is 1.13 bits per heavy atom. The first-order valence-corrected chi connectivity index (χ1v) is 6.36. The van der Waals surface area contributed by atoms with E-state index in [0.29, 0.717) is 6.10 Å². The highest BCUT2D eigenvalue weighted by Crippen LogP contribution is 2.06. The van der Waals surface area contributed by atoms with Crippen LogP contribution in [0.15, 0.2) is 0 Å². The zero-order valence-electron chi connectivity index (χ0n) is 11.2. The molecule has 0 saturated carbocycles. The monoisotopic (exact) mass is 215 g/mol. The van der Waals surface area contributed by atoms with Crippen LogP contribution in [0, 0.1) is 0 Å². The Kier molecular flexibility index (Phi) is 8.07. The van der Waals surface area contributed by atoms with Crippen molar-refractivity contribution in [1.82, 2.24) is 5.32 Å². The number of rotatable bonds is 8. The van der Waals surface area contributed by atoms with Gasteiger partial charge in [0.2, 0.25) is 0 Å². The Hall–Kier alpha value is -0.0800. The summed E-state index contributed by atoms with van der Waals surface area (Å²) in [5.41, 5.74) is 0.195. The van der Waals surface area contributed by atoms with E-state index in [9.17, 15) is 0 Å². The second-order valence-electron chi connectivity index (χ2n) is 5.27. The first kappa shape index (κ1) is 14.9. The van der Waals surface area contributed by atoms with E-state index in [2.05, 4.69) is 39.9 Å². The highest BCUT2D eigenvalue weighted by Gasteiger charge is 2.13. The zero-order chi connectivity index (χ0) is 11.7. The minimum absolute atomic E-state index is 0.195. The molecule has 0 aromatic rings. The zero-order valence-corrected chi connectivity index (χ0v) is 11.2. The number of hydrogen-bond acceptors (Lipinski definition) is 2. The molecule has 0 heterocycles. The summed E-state index contributed by atoms with van der Waals surface area (Å²) in [4.78, 5) is 0. The Balaban J connectivity index is 3.72. The molecule has 0 rings (SSSR count). The van der Waals surface area contributed by atoms with Gasteiger partial charge < -0.3 is 10.1 Å². The standard InChI is InChI=1S/C13H29NO/c1-6-8-10-15-12(9-7-2)11-14-13(3,4)5/h12,14H,6-11H2,1-5H3. The molecule has 2 nitrogen and oxygen atoms in total. The van der Waals surface area contributed by atoms with E-state index >= 15 is 0 Å². The average molecular weight is 215 g/mol. The highest BCUT2D eigenvalue weighted by molar-refractivity contribution is 4.73. The normalized spacial score (nSPS) is 14.2. The van der Waals surface area contributed by atoms with Crippen LogP contribution in [0.4, 0.5) is 0 Å². The number of hydrogen-bond donors (Lipinski definition) is 1. The fourth-order valence-corrected chi connectivity index (χ4v) is 1.38. The van der Waals surface area contributed by atoms with Crippen LogP contribution in [0.25, 0.3) is 0 Å². The largest absolute Gasteiger partial charge is 0.377 e. The first-order chi connectivity index (χ1) is 6.99. The van der Waals surface area contributed by atoms with Crippen molar-refractivity contribution in [3.8, 4) is 0 Å². The molecule has 0 radical (unpaired) electrons. The molecule has 92 valence electrons. The summed E-state index contributed by atoms with van der Waals surface area (Å²) in [6, 6.07) is 0. The van der Waals surface area contributed by atoms with Crippen LogP contribution in [-0.2, 0) is 4.74 Å². The van der Waals surface area contributed by atoms with E-state index in [4.69, 9.17) is 4.74 Å². The summed E-state index contributed by atoms with van der Waals surface area (Å²) in [6.07, 6.45) is 5.14. The van der Waals surface area contributed by atoms with Crippen LogP contribution in [0.1, 0.15) is 60.3 Å². The smallest absolute Gasteiger partial charge is 0.0699 e. The fraction of sp³-hybridized carbons (Fsp3) is 1.00. The van der Waals surface area contributed by atoms with Crippen molar-refractivity contribution in [3.05, 3.63) is 0 Å². The first-order valence-electron chi connectivity index (χ1n) is 6.36. The molecule has 2 heteroatoms. The van der Waals surface area contributed by atoms with Gasteiger partial charge in [0.1, 0.15) is 0 Å². The lowest BCUT2D eigenvalue weighted by Gasteiger charge is -2.25. The third-order valence-electron chi connectivity index (χ3n) is 2.32. The van der Waals surface area contributed by atoms with Gasteiger partial charge in [0.25, 0.3) is 0 Å². The van der Waals surface area contributed by atoms with Crippen molar-refractivity contribution >= 4 is 0 Å². The Morgan fingerprint density at radius 3 is 2.27 bits per heavy atom. The minimum Gasteiger partial charge on any atom is -0.377 e. The van der Waals surface area contributed by atoms with E-state index in [-0.39, 0.29) is 5.54 Å². The fourth-order valence-electron chi connectivity index (χ4n) is 1.38. The Labute approximate surface area is 95.8 Å². The molecule has 0 aliphatic rings. The molecule has 0 amide bonds. The molecule has 1 N–H and O–H groups in total. The quantitative estimate of drug-likeness (QED) is 0.627. The molecular formula is C13H29NO. The molecule has 15 heavy (non-hydrogen) atoms. The summed E-state index contributed by atoms with van der Waals surface area (Å²) < 4.78 is 5.86. The Bertz CT molecular complexity index is 140. The lowest BCUT2D eigenvalue weighted by molar-refractivity contribution is 0.0412. The van der Waals surface area contributed by atoms with E-state index < -0.39 is 0 Å². The molecule has 0 spiro atoms. The van der Waals surface area contributed by atoms with Crippen LogP contribution in [0.3, 0.4) is 0 Å². The highest BCUT2D eigenvalue weighted by atomic mass is 16.5. The van der Waals surface area contributed by atoms with Gasteiger partial charge >= 0.3 is 0 Å². The molecule has 0 saturated heterocycles. The lowest BCUT2D eigenvalue weighted by Crippen LogP contribution is -2.41. The van der Waals surface area contributed by atoms with Gasteiger partial charge in [0.15, 0.2) is 0 Å². The molecule has 0 aromatic carbocycles. The van der Waals surface area contributed by atoms with Crippen molar-refractivity contribution in [3.63, 3.8) is 0 Å². The van der Waals surface area contributed by atoms with E-state index in [0.717, 1.165) is 19.6 Å². The molecular weight excluding hydrogens is 186 g/mol. The lowest BCUT2D eigenvalue weighted by atomic mass is 10.1. The summed E-state index contributed by atoms with van der Waals surface area (Å²) >= 11 is 0. The number of unbranched alkanes of at least 4 members (excludes halogenated alkanes) is 1. The summed E-state index contributed by atoms with van der Waals surface area (Å²) in [5.74, 6) is 0. The van der Waals surface area contributed by atoms with Gasteiger partial charge in [-0.05, 0) is 33.6 Å². The van der Waals surface area contributed by atoms with Gasteiger partial charge in [0.05, 0.1) is 6.10 Å². The molecule has 0 fully saturated rings. The predicted molar refractivity (Wildman–Crippen MR) is 67.3 cm³/mol. The van der Waals surface area contributed by atoms with Gasteiger partial charge in [-0.2, -0.15) is 0 Å². The SMILES string of the molecule is CCCCOC(CCC)CNC(C)(C)C. The van der Waals surface area contributed by atoms with Gasteiger partial charge in [-0.1, -0.05) is 26.7 Å². The summed E-state index contributed by atoms with van der Waals surface area (Å²) in [7, 11) is 0. The van der Waals surface area contributed by atoms with Crippen molar-refractivity contribution in [2.75, 3.05) is 13.2 Å². The maximum absolute atomic E-state index is 5.86. The van der Waals surface area contributed by atoms with Gasteiger partial charge in [-0.25, -0.2) is 0 Å². The molecule has 0 aliphatic carbocycles. The third kappa shape index (κ3) is 10.2. The van der Waals surface area contributed by atoms with Gasteiger partial charge in [0, 0.05) is 18.7 Å². The maximum atomic E-state index is 5.86. The van der Waals surface area contributed by atoms with Crippen molar-refractivity contribution in [2.24, 2.45) is 0 Å². The van der Waals surface area contributed by atoms with Crippen LogP contribution in [0.2, 0.25) is 0 Å². The van der Waals surface area contributed by atoms with Crippen molar-refractivity contribution < 1.29 is 4.74 Å². The van der Waals surface area contributed by atoms with Crippen LogP contribution in [-0.4, -0.2) is 24.8 Å². The van der Waals surface area contributed by atoms with E-state index in [1.807, 2.05) is 0 Å². The minimum atomic E-state index is 0.195. The molecule has 1 unspecified atom stereocenters.